The normalized spacial score (nSPS) is 12.9. The molecule has 0 bridgehead atoms. The molecule has 0 saturated heterocycles. The molecule has 1 aromatic heterocycles. The molecule has 0 fully saturated rings. The molecular formula is C14H16F3N5OS. The van der Waals surface area contributed by atoms with Crippen LogP contribution in [0.15, 0.2) is 29.4 Å². The molecular weight excluding hydrogens is 343 g/mol. The maximum atomic E-state index is 12.6. The molecule has 2 rings (SSSR count). The van der Waals surface area contributed by atoms with Gasteiger partial charge in [0.25, 0.3) is 5.82 Å². The number of nitrogens with zero attached hydrogens (tertiary/aromatic N) is 3. The number of alkyl halides is 3. The molecule has 0 aliphatic heterocycles. The van der Waals surface area contributed by atoms with Crippen LogP contribution in [0.4, 0.5) is 13.2 Å². The molecule has 2 aromatic rings. The van der Waals surface area contributed by atoms with Crippen LogP contribution in [0, 0.1) is 6.92 Å². The lowest BCUT2D eigenvalue weighted by Gasteiger charge is -2.12. The van der Waals surface area contributed by atoms with Crippen molar-refractivity contribution in [1.82, 2.24) is 20.2 Å². The van der Waals surface area contributed by atoms with Gasteiger partial charge >= 0.3 is 6.18 Å². The van der Waals surface area contributed by atoms with Crippen molar-refractivity contribution < 1.29 is 18.0 Å². The molecule has 0 radical (unpaired) electrons. The van der Waals surface area contributed by atoms with E-state index in [0.29, 0.717) is 11.2 Å². The summed E-state index contributed by atoms with van der Waals surface area (Å²) < 4.78 is 38.2. The predicted molar refractivity (Wildman–Crippen MR) is 83.5 cm³/mol. The number of aromatic nitrogens is 3. The van der Waals surface area contributed by atoms with E-state index in [1.165, 1.54) is 0 Å². The second kappa shape index (κ2) is 7.12. The Morgan fingerprint density at radius 2 is 1.96 bits per heavy atom. The summed E-state index contributed by atoms with van der Waals surface area (Å²) in [6, 6.07) is 7.63. The molecule has 0 spiro atoms. The Kier molecular flexibility index (Phi) is 5.37. The van der Waals surface area contributed by atoms with Crippen molar-refractivity contribution in [1.29, 1.82) is 0 Å². The zero-order chi connectivity index (χ0) is 17.9. The first-order chi connectivity index (χ1) is 11.2. The molecule has 1 heterocycles. The lowest BCUT2D eigenvalue weighted by molar-refractivity contribution is -0.146. The Balaban J connectivity index is 1.94. The third-order valence-corrected chi connectivity index (χ3v) is 4.21. The molecule has 1 aromatic carbocycles. The first kappa shape index (κ1) is 18.1. The second-order valence-electron chi connectivity index (χ2n) is 5.14. The monoisotopic (exact) mass is 359 g/mol. The number of thioether (sulfide) groups is 1. The van der Waals surface area contributed by atoms with E-state index < -0.39 is 17.3 Å². The fourth-order valence-corrected chi connectivity index (χ4v) is 2.60. The number of carbonyl (C=O) groups excluding carboxylic acids is 1. The van der Waals surface area contributed by atoms with Gasteiger partial charge < -0.3 is 11.2 Å². The number of halogens is 3. The number of benzene rings is 1. The number of nitrogen functional groups attached to an aromatic ring is 1. The van der Waals surface area contributed by atoms with E-state index in [0.717, 1.165) is 22.9 Å². The van der Waals surface area contributed by atoms with Gasteiger partial charge in [0.05, 0.1) is 5.25 Å². The lowest BCUT2D eigenvalue weighted by Crippen LogP contribution is -2.31. The van der Waals surface area contributed by atoms with E-state index in [1.54, 1.807) is 6.92 Å². The third-order valence-electron chi connectivity index (χ3n) is 3.16. The number of rotatable bonds is 5. The zero-order valence-electron chi connectivity index (χ0n) is 13.0. The van der Waals surface area contributed by atoms with Gasteiger partial charge in [-0.05, 0) is 19.4 Å². The van der Waals surface area contributed by atoms with Crippen LogP contribution in [0.3, 0.4) is 0 Å². The van der Waals surface area contributed by atoms with E-state index in [-0.39, 0.29) is 11.1 Å². The Morgan fingerprint density at radius 1 is 1.33 bits per heavy atom. The summed E-state index contributed by atoms with van der Waals surface area (Å²) in [6.45, 7) is 3.84. The van der Waals surface area contributed by atoms with Crippen LogP contribution in [0.5, 0.6) is 0 Å². The van der Waals surface area contributed by atoms with E-state index >= 15 is 0 Å². The number of aryl methyl sites for hydroxylation is 1. The average Bonchev–Trinajstić information content (AvgIpc) is 2.87. The van der Waals surface area contributed by atoms with Gasteiger partial charge in [-0.25, -0.2) is 4.68 Å². The highest BCUT2D eigenvalue weighted by atomic mass is 32.2. The van der Waals surface area contributed by atoms with E-state index in [4.69, 9.17) is 5.84 Å². The molecule has 0 aliphatic carbocycles. The van der Waals surface area contributed by atoms with Gasteiger partial charge in [-0.15, -0.1) is 10.2 Å². The number of carbonyl (C=O) groups is 1. The Labute approximate surface area is 140 Å². The second-order valence-corrected chi connectivity index (χ2v) is 6.45. The summed E-state index contributed by atoms with van der Waals surface area (Å²) in [6.07, 6.45) is -4.70. The highest BCUT2D eigenvalue weighted by Crippen LogP contribution is 2.30. The molecule has 1 amide bonds. The Bertz CT molecular complexity index is 714. The minimum Gasteiger partial charge on any atom is -0.351 e. The standard InChI is InChI=1S/C14H16F3N5OS/c1-8-3-5-10(6-4-8)7-19-11(23)9(2)24-13-21-20-12(22(13)18)14(15,16)17/h3-6,9H,7,18H2,1-2H3,(H,19,23). The minimum absolute atomic E-state index is 0.180. The van der Waals surface area contributed by atoms with Gasteiger partial charge in [0, 0.05) is 6.54 Å². The van der Waals surface area contributed by atoms with Gasteiger partial charge in [0.15, 0.2) is 0 Å². The van der Waals surface area contributed by atoms with Gasteiger partial charge in [0.1, 0.15) is 0 Å². The van der Waals surface area contributed by atoms with Gasteiger partial charge in [-0.3, -0.25) is 4.79 Å². The number of amides is 1. The van der Waals surface area contributed by atoms with Crippen molar-refractivity contribution in [2.75, 3.05) is 5.84 Å². The fourth-order valence-electron chi connectivity index (χ4n) is 1.80. The maximum absolute atomic E-state index is 12.6. The smallest absolute Gasteiger partial charge is 0.351 e. The number of nitrogens with one attached hydrogen (secondary N) is 1. The third kappa shape index (κ3) is 4.40. The van der Waals surface area contributed by atoms with Crippen molar-refractivity contribution in [3.63, 3.8) is 0 Å². The molecule has 0 saturated carbocycles. The van der Waals surface area contributed by atoms with Gasteiger partial charge in [-0.1, -0.05) is 41.6 Å². The summed E-state index contributed by atoms with van der Waals surface area (Å²) in [5.41, 5.74) is 2.03. The lowest BCUT2D eigenvalue weighted by atomic mass is 10.1. The van der Waals surface area contributed by atoms with E-state index in [9.17, 15) is 18.0 Å². The minimum atomic E-state index is -4.70. The number of hydrogen-bond donors (Lipinski definition) is 2. The molecule has 10 heteroatoms. The molecule has 130 valence electrons. The fraction of sp³-hybridized carbons (Fsp3) is 0.357. The Morgan fingerprint density at radius 3 is 2.50 bits per heavy atom. The van der Waals surface area contributed by atoms with Crippen LogP contribution in [0.2, 0.25) is 0 Å². The Hall–Kier alpha value is -2.23. The summed E-state index contributed by atoms with van der Waals surface area (Å²) >= 11 is 0.805. The van der Waals surface area contributed by atoms with Crippen molar-refractivity contribution in [2.45, 2.75) is 37.0 Å². The summed E-state index contributed by atoms with van der Waals surface area (Å²) in [5, 5.41) is 8.25. The number of hydrogen-bond acceptors (Lipinski definition) is 5. The van der Waals surface area contributed by atoms with Gasteiger partial charge in [-0.2, -0.15) is 13.2 Å². The van der Waals surface area contributed by atoms with E-state index in [1.807, 2.05) is 31.2 Å². The van der Waals surface area contributed by atoms with Crippen LogP contribution < -0.4 is 11.2 Å². The molecule has 1 atom stereocenters. The van der Waals surface area contributed by atoms with Crippen molar-refractivity contribution in [2.24, 2.45) is 0 Å². The largest absolute Gasteiger partial charge is 0.453 e. The van der Waals surface area contributed by atoms with Crippen molar-refractivity contribution >= 4 is 17.7 Å². The highest BCUT2D eigenvalue weighted by molar-refractivity contribution is 8.00. The quantitative estimate of drug-likeness (QED) is 0.631. The first-order valence-corrected chi connectivity index (χ1v) is 7.84. The summed E-state index contributed by atoms with van der Waals surface area (Å²) in [5.74, 6) is 3.69. The van der Waals surface area contributed by atoms with Crippen LogP contribution in [-0.2, 0) is 17.5 Å². The molecule has 0 aliphatic rings. The molecule has 6 nitrogen and oxygen atoms in total. The van der Waals surface area contributed by atoms with Crippen molar-refractivity contribution in [3.8, 4) is 0 Å². The summed E-state index contributed by atoms with van der Waals surface area (Å²) in [7, 11) is 0. The molecule has 24 heavy (non-hydrogen) atoms. The van der Waals surface area contributed by atoms with E-state index in [2.05, 4.69) is 15.5 Å². The zero-order valence-corrected chi connectivity index (χ0v) is 13.8. The van der Waals surface area contributed by atoms with Gasteiger partial charge in [0.2, 0.25) is 11.1 Å². The first-order valence-electron chi connectivity index (χ1n) is 6.96. The van der Waals surface area contributed by atoms with Crippen LogP contribution in [-0.4, -0.2) is 26.0 Å². The number of nitrogens with two attached hydrogens (primary N) is 1. The van der Waals surface area contributed by atoms with Crippen LogP contribution >= 0.6 is 11.8 Å². The molecule has 3 N–H and O–H groups in total. The average molecular weight is 359 g/mol. The predicted octanol–water partition coefficient (Wildman–Crippen LogP) is 2.12. The topological polar surface area (TPSA) is 85.8 Å². The SMILES string of the molecule is Cc1ccc(CNC(=O)C(C)Sc2nnc(C(F)(F)F)n2N)cc1. The summed E-state index contributed by atoms with van der Waals surface area (Å²) in [4.78, 5) is 12.1. The maximum Gasteiger partial charge on any atom is 0.453 e. The van der Waals surface area contributed by atoms with Crippen molar-refractivity contribution in [3.05, 3.63) is 41.2 Å². The molecule has 1 unspecified atom stereocenters. The van der Waals surface area contributed by atoms with Crippen LogP contribution in [0.25, 0.3) is 0 Å². The van der Waals surface area contributed by atoms with Crippen LogP contribution in [0.1, 0.15) is 23.9 Å². The highest BCUT2D eigenvalue weighted by Gasteiger charge is 2.38.